The largest absolute Gasteiger partial charge is 0.489 e. The smallest absolute Gasteiger partial charge is 0.253 e. The number of benzene rings is 4. The Hall–Kier alpha value is -5.17. The van der Waals surface area contributed by atoms with Crippen molar-refractivity contribution in [3.63, 3.8) is 0 Å². The maximum Gasteiger partial charge on any atom is 0.253 e. The second-order valence-electron chi connectivity index (χ2n) is 10.9. The number of nitrogens with zero attached hydrogens (tertiary/aromatic N) is 2. The van der Waals surface area contributed by atoms with Crippen LogP contribution in [0.1, 0.15) is 51.5 Å². The Balaban J connectivity index is 1.37. The quantitative estimate of drug-likeness (QED) is 0.128. The average Bonchev–Trinajstić information content (AvgIpc) is 3.59. The first-order valence-electron chi connectivity index (χ1n) is 14.7. The first-order chi connectivity index (χ1) is 21.0. The van der Waals surface area contributed by atoms with Crippen molar-refractivity contribution in [2.75, 3.05) is 18.4 Å². The summed E-state index contributed by atoms with van der Waals surface area (Å²) in [6.45, 7) is 2.03. The standard InChI is InChI=1S/C36H35N5O2/c37-35(38)27-14-16-34(43-24-26-11-5-2-6-12-26)30(22-27)33(21-25-9-3-1-4-10-25)40-31-17-18-39-32-23-28(13-15-29(31)32)36(42)41-19-7-8-20-41/h1-6,9-18,22-23,33H,7-8,19-21,24H2,(H3,37,38)(H,39,40). The summed E-state index contributed by atoms with van der Waals surface area (Å²) in [7, 11) is 0. The van der Waals surface area contributed by atoms with Gasteiger partial charge in [0.25, 0.3) is 5.91 Å². The van der Waals surface area contributed by atoms with E-state index in [4.69, 9.17) is 15.9 Å². The van der Waals surface area contributed by atoms with Gasteiger partial charge in [-0.1, -0.05) is 60.7 Å². The molecular weight excluding hydrogens is 534 g/mol. The van der Waals surface area contributed by atoms with Gasteiger partial charge in [-0.3, -0.25) is 15.2 Å². The van der Waals surface area contributed by atoms with E-state index >= 15 is 0 Å². The second kappa shape index (κ2) is 12.8. The predicted molar refractivity (Wildman–Crippen MR) is 172 cm³/mol. The minimum atomic E-state index is -0.219. The third kappa shape index (κ3) is 6.51. The molecule has 1 fully saturated rings. The van der Waals surface area contributed by atoms with Gasteiger partial charge in [0.1, 0.15) is 18.2 Å². The highest BCUT2D eigenvalue weighted by Gasteiger charge is 2.22. The molecule has 4 N–H and O–H groups in total. The molecule has 7 nitrogen and oxygen atoms in total. The van der Waals surface area contributed by atoms with Crippen molar-refractivity contribution in [3.05, 3.63) is 137 Å². The Morgan fingerprint density at radius 1 is 0.884 bits per heavy atom. The number of anilines is 1. The minimum Gasteiger partial charge on any atom is -0.489 e. The highest BCUT2D eigenvalue weighted by molar-refractivity contribution is 6.00. The highest BCUT2D eigenvalue weighted by Crippen LogP contribution is 2.34. The van der Waals surface area contributed by atoms with Crippen LogP contribution >= 0.6 is 0 Å². The fourth-order valence-electron chi connectivity index (χ4n) is 5.64. The van der Waals surface area contributed by atoms with Crippen LogP contribution in [0.3, 0.4) is 0 Å². The topological polar surface area (TPSA) is 104 Å². The number of pyridine rings is 1. The van der Waals surface area contributed by atoms with E-state index in [0.717, 1.165) is 65.0 Å². The Kier molecular flexibility index (Phi) is 8.31. The number of fused-ring (bicyclic) bond motifs is 1. The van der Waals surface area contributed by atoms with Crippen LogP contribution in [-0.2, 0) is 13.0 Å². The molecule has 1 atom stereocenters. The molecule has 1 unspecified atom stereocenters. The molecule has 1 aromatic heterocycles. The molecule has 0 aliphatic carbocycles. The molecule has 5 aromatic rings. The number of nitrogen functional groups attached to an aromatic ring is 1. The van der Waals surface area contributed by atoms with Crippen molar-refractivity contribution in [3.8, 4) is 5.75 Å². The molecule has 1 aliphatic rings. The molecule has 6 rings (SSSR count). The van der Waals surface area contributed by atoms with Crippen molar-refractivity contribution in [1.29, 1.82) is 5.41 Å². The SMILES string of the molecule is N=C(N)c1ccc(OCc2ccccc2)c(C(Cc2ccccc2)Nc2ccnc3cc(C(=O)N4CCCC4)ccc23)c1. The number of amides is 1. The number of likely N-dealkylation sites (tertiary alicyclic amines) is 1. The van der Waals surface area contributed by atoms with Crippen LogP contribution in [-0.4, -0.2) is 34.7 Å². The molecule has 0 bridgehead atoms. The molecular formula is C36H35N5O2. The summed E-state index contributed by atoms with van der Waals surface area (Å²) in [6.07, 6.45) is 4.54. The molecule has 4 aromatic carbocycles. The number of carbonyl (C=O) groups excluding carboxylic acids is 1. The first kappa shape index (κ1) is 28.0. The van der Waals surface area contributed by atoms with Crippen LogP contribution in [0.5, 0.6) is 5.75 Å². The molecule has 1 amide bonds. The van der Waals surface area contributed by atoms with Gasteiger partial charge in [0.2, 0.25) is 0 Å². The monoisotopic (exact) mass is 569 g/mol. The van der Waals surface area contributed by atoms with Crippen LogP contribution in [0.15, 0.2) is 109 Å². The number of nitrogens with two attached hydrogens (primary N) is 1. The zero-order chi connectivity index (χ0) is 29.6. The van der Waals surface area contributed by atoms with E-state index in [0.29, 0.717) is 24.2 Å². The van der Waals surface area contributed by atoms with E-state index in [1.54, 1.807) is 6.20 Å². The van der Waals surface area contributed by atoms with E-state index in [1.165, 1.54) is 0 Å². The van der Waals surface area contributed by atoms with E-state index in [-0.39, 0.29) is 17.8 Å². The van der Waals surface area contributed by atoms with Crippen molar-refractivity contribution in [1.82, 2.24) is 9.88 Å². The number of ether oxygens (including phenoxy) is 1. The van der Waals surface area contributed by atoms with E-state index < -0.39 is 0 Å². The van der Waals surface area contributed by atoms with Crippen LogP contribution in [0, 0.1) is 5.41 Å². The third-order valence-electron chi connectivity index (χ3n) is 7.93. The summed E-state index contributed by atoms with van der Waals surface area (Å²) in [5, 5.41) is 12.8. The van der Waals surface area contributed by atoms with Gasteiger partial charge in [0.05, 0.1) is 11.6 Å². The second-order valence-corrected chi connectivity index (χ2v) is 10.9. The lowest BCUT2D eigenvalue weighted by Crippen LogP contribution is -2.27. The van der Waals surface area contributed by atoms with Crippen LogP contribution in [0.4, 0.5) is 5.69 Å². The van der Waals surface area contributed by atoms with Crippen LogP contribution in [0.2, 0.25) is 0 Å². The fraction of sp³-hybridized carbons (Fsp3) is 0.194. The number of aromatic nitrogens is 1. The van der Waals surface area contributed by atoms with Crippen molar-refractivity contribution in [2.45, 2.75) is 31.9 Å². The summed E-state index contributed by atoms with van der Waals surface area (Å²) in [5.41, 5.74) is 12.0. The van der Waals surface area contributed by atoms with Crippen molar-refractivity contribution in [2.24, 2.45) is 5.73 Å². The molecule has 7 heteroatoms. The Morgan fingerprint density at radius 2 is 1.58 bits per heavy atom. The number of carbonyl (C=O) groups is 1. The Bertz CT molecular complexity index is 1730. The molecule has 0 spiro atoms. The van der Waals surface area contributed by atoms with Crippen molar-refractivity contribution >= 4 is 28.3 Å². The summed E-state index contributed by atoms with van der Waals surface area (Å²) >= 11 is 0. The van der Waals surface area contributed by atoms with Gasteiger partial charge >= 0.3 is 0 Å². The van der Waals surface area contributed by atoms with E-state index in [9.17, 15) is 4.79 Å². The summed E-state index contributed by atoms with van der Waals surface area (Å²) < 4.78 is 6.39. The van der Waals surface area contributed by atoms with Gasteiger partial charge < -0.3 is 20.7 Å². The lowest BCUT2D eigenvalue weighted by atomic mass is 9.95. The van der Waals surface area contributed by atoms with Crippen LogP contribution < -0.4 is 15.8 Å². The van der Waals surface area contributed by atoms with Gasteiger partial charge in [-0.2, -0.15) is 0 Å². The molecule has 1 aliphatic heterocycles. The van der Waals surface area contributed by atoms with Gasteiger partial charge in [-0.05, 0) is 72.9 Å². The molecule has 0 saturated carbocycles. The Morgan fingerprint density at radius 3 is 2.30 bits per heavy atom. The molecule has 43 heavy (non-hydrogen) atoms. The number of nitrogens with one attached hydrogen (secondary N) is 2. The summed E-state index contributed by atoms with van der Waals surface area (Å²) in [5.74, 6) is 0.779. The van der Waals surface area contributed by atoms with Gasteiger partial charge in [0, 0.05) is 47.1 Å². The van der Waals surface area contributed by atoms with Crippen LogP contribution in [0.25, 0.3) is 10.9 Å². The summed E-state index contributed by atoms with van der Waals surface area (Å²) in [6, 6.07) is 33.5. The zero-order valence-electron chi connectivity index (χ0n) is 24.0. The Labute approximate surface area is 251 Å². The highest BCUT2D eigenvalue weighted by atomic mass is 16.5. The molecule has 2 heterocycles. The van der Waals surface area contributed by atoms with E-state index in [2.05, 4.69) is 22.4 Å². The molecule has 216 valence electrons. The molecule has 1 saturated heterocycles. The number of amidine groups is 1. The lowest BCUT2D eigenvalue weighted by Gasteiger charge is -2.25. The van der Waals surface area contributed by atoms with Gasteiger partial charge in [0.15, 0.2) is 0 Å². The van der Waals surface area contributed by atoms with Gasteiger partial charge in [-0.15, -0.1) is 0 Å². The van der Waals surface area contributed by atoms with Gasteiger partial charge in [-0.25, -0.2) is 0 Å². The maximum absolute atomic E-state index is 13.1. The first-order valence-corrected chi connectivity index (χ1v) is 14.7. The normalized spacial score (nSPS) is 13.5. The fourth-order valence-corrected chi connectivity index (χ4v) is 5.64. The zero-order valence-corrected chi connectivity index (χ0v) is 24.0. The third-order valence-corrected chi connectivity index (χ3v) is 7.93. The minimum absolute atomic E-state index is 0.00104. The number of hydrogen-bond acceptors (Lipinski definition) is 5. The average molecular weight is 570 g/mol. The maximum atomic E-state index is 13.1. The predicted octanol–water partition coefficient (Wildman–Crippen LogP) is 6.73. The van der Waals surface area contributed by atoms with E-state index in [1.807, 2.05) is 95.9 Å². The lowest BCUT2D eigenvalue weighted by molar-refractivity contribution is 0.0793. The number of rotatable bonds is 10. The summed E-state index contributed by atoms with van der Waals surface area (Å²) in [4.78, 5) is 19.6. The molecule has 0 radical (unpaired) electrons. The van der Waals surface area contributed by atoms with Crippen molar-refractivity contribution < 1.29 is 9.53 Å². The number of hydrogen-bond donors (Lipinski definition) is 3.